The molecule has 1 N–H and O–H groups in total. The van der Waals surface area contributed by atoms with Crippen LogP contribution in [0.5, 0.6) is 5.88 Å². The number of amides is 1. The maximum Gasteiger partial charge on any atom is 0.271 e. The fraction of sp³-hybridized carbons (Fsp3) is 0.190. The van der Waals surface area contributed by atoms with Gasteiger partial charge in [0.05, 0.1) is 5.69 Å². The van der Waals surface area contributed by atoms with Crippen molar-refractivity contribution in [1.29, 1.82) is 0 Å². The number of aryl methyl sites for hydroxylation is 2. The highest BCUT2D eigenvalue weighted by molar-refractivity contribution is 6.30. The second-order valence-corrected chi connectivity index (χ2v) is 6.90. The number of benzene rings is 2. The average molecular weight is 398 g/mol. The summed E-state index contributed by atoms with van der Waals surface area (Å²) in [4.78, 5) is 24.6. The van der Waals surface area contributed by atoms with Crippen molar-refractivity contribution >= 4 is 23.2 Å². The minimum atomic E-state index is -0.805. The Hall–Kier alpha value is -3.12. The van der Waals surface area contributed by atoms with Gasteiger partial charge in [0.25, 0.3) is 11.5 Å². The molecule has 1 amide bonds. The molecular formula is C21H20ClN3O3. The zero-order chi connectivity index (χ0) is 20.3. The van der Waals surface area contributed by atoms with Gasteiger partial charge in [-0.05, 0) is 50.6 Å². The lowest BCUT2D eigenvalue weighted by atomic mass is 10.2. The lowest BCUT2D eigenvalue weighted by molar-refractivity contribution is -0.122. The monoisotopic (exact) mass is 397 g/mol. The first-order valence-electron chi connectivity index (χ1n) is 8.74. The summed E-state index contributed by atoms with van der Waals surface area (Å²) >= 11 is 6.04. The van der Waals surface area contributed by atoms with Gasteiger partial charge in [-0.15, -0.1) is 5.10 Å². The molecule has 144 valence electrons. The van der Waals surface area contributed by atoms with Crippen LogP contribution in [0.25, 0.3) is 5.69 Å². The van der Waals surface area contributed by atoms with Crippen molar-refractivity contribution in [2.45, 2.75) is 26.9 Å². The van der Waals surface area contributed by atoms with E-state index in [0.29, 0.717) is 16.4 Å². The van der Waals surface area contributed by atoms with E-state index in [1.165, 1.54) is 16.8 Å². The molecule has 0 saturated heterocycles. The van der Waals surface area contributed by atoms with E-state index in [0.717, 1.165) is 11.1 Å². The van der Waals surface area contributed by atoms with Crippen molar-refractivity contribution in [2.24, 2.45) is 0 Å². The van der Waals surface area contributed by atoms with E-state index in [2.05, 4.69) is 10.4 Å². The molecule has 0 bridgehead atoms. The van der Waals surface area contributed by atoms with Crippen LogP contribution in [0, 0.1) is 13.8 Å². The molecule has 0 spiro atoms. The Labute approximate surface area is 167 Å². The van der Waals surface area contributed by atoms with E-state index in [1.54, 1.807) is 25.1 Å². The maximum absolute atomic E-state index is 12.4. The van der Waals surface area contributed by atoms with E-state index in [1.807, 2.05) is 38.1 Å². The van der Waals surface area contributed by atoms with Gasteiger partial charge in [-0.3, -0.25) is 9.59 Å². The first-order chi connectivity index (χ1) is 13.3. The van der Waals surface area contributed by atoms with Crippen molar-refractivity contribution in [3.05, 3.63) is 81.1 Å². The van der Waals surface area contributed by atoms with E-state index < -0.39 is 6.10 Å². The molecule has 3 aromatic rings. The maximum atomic E-state index is 12.4. The second kappa shape index (κ2) is 8.27. The molecule has 1 heterocycles. The molecule has 0 aliphatic heterocycles. The highest BCUT2D eigenvalue weighted by atomic mass is 35.5. The van der Waals surface area contributed by atoms with Gasteiger partial charge < -0.3 is 10.1 Å². The quantitative estimate of drug-likeness (QED) is 0.708. The van der Waals surface area contributed by atoms with Crippen LogP contribution in [-0.4, -0.2) is 21.8 Å². The molecule has 6 nitrogen and oxygen atoms in total. The number of aromatic nitrogens is 2. The van der Waals surface area contributed by atoms with E-state index in [-0.39, 0.29) is 17.3 Å². The summed E-state index contributed by atoms with van der Waals surface area (Å²) in [7, 11) is 0. The van der Waals surface area contributed by atoms with Gasteiger partial charge in [0, 0.05) is 22.8 Å². The molecule has 0 aliphatic carbocycles. The minimum absolute atomic E-state index is 0.158. The van der Waals surface area contributed by atoms with E-state index in [4.69, 9.17) is 16.3 Å². The predicted molar refractivity (Wildman–Crippen MR) is 109 cm³/mol. The summed E-state index contributed by atoms with van der Waals surface area (Å²) in [6, 6.07) is 15.4. The first-order valence-corrected chi connectivity index (χ1v) is 9.12. The molecule has 0 fully saturated rings. The van der Waals surface area contributed by atoms with Crippen LogP contribution >= 0.6 is 11.6 Å². The third kappa shape index (κ3) is 4.58. The van der Waals surface area contributed by atoms with Crippen LogP contribution in [0.2, 0.25) is 5.02 Å². The van der Waals surface area contributed by atoms with Crippen LogP contribution in [0.1, 0.15) is 18.1 Å². The molecule has 0 radical (unpaired) electrons. The topological polar surface area (TPSA) is 73.2 Å². The zero-order valence-corrected chi connectivity index (χ0v) is 16.5. The van der Waals surface area contributed by atoms with Crippen LogP contribution < -0.4 is 15.6 Å². The number of nitrogens with one attached hydrogen (secondary N) is 1. The Morgan fingerprint density at radius 1 is 1.11 bits per heavy atom. The van der Waals surface area contributed by atoms with Gasteiger partial charge in [-0.1, -0.05) is 35.4 Å². The SMILES string of the molecule is Cc1ccc(NC(=O)C(C)Oc2ccc(=O)n(-c3cc(Cl)ccc3C)n2)cc1. The summed E-state index contributed by atoms with van der Waals surface area (Å²) < 4.78 is 6.85. The molecule has 1 unspecified atom stereocenters. The molecule has 0 aliphatic rings. The average Bonchev–Trinajstić information content (AvgIpc) is 2.67. The summed E-state index contributed by atoms with van der Waals surface area (Å²) in [5.74, 6) is -0.159. The van der Waals surface area contributed by atoms with Gasteiger partial charge in [0.2, 0.25) is 5.88 Å². The summed E-state index contributed by atoms with van der Waals surface area (Å²) in [6.07, 6.45) is -0.805. The Balaban J connectivity index is 1.79. The normalized spacial score (nSPS) is 11.7. The molecule has 7 heteroatoms. The number of hydrogen-bond acceptors (Lipinski definition) is 4. The van der Waals surface area contributed by atoms with Crippen LogP contribution in [-0.2, 0) is 4.79 Å². The molecular weight excluding hydrogens is 378 g/mol. The smallest absolute Gasteiger partial charge is 0.271 e. The van der Waals surface area contributed by atoms with Crippen LogP contribution in [0.4, 0.5) is 5.69 Å². The highest BCUT2D eigenvalue weighted by Crippen LogP contribution is 2.18. The number of rotatable bonds is 5. The van der Waals surface area contributed by atoms with Crippen molar-refractivity contribution in [1.82, 2.24) is 9.78 Å². The van der Waals surface area contributed by atoms with Gasteiger partial charge in [-0.2, -0.15) is 4.68 Å². The largest absolute Gasteiger partial charge is 0.463 e. The van der Waals surface area contributed by atoms with Gasteiger partial charge >= 0.3 is 0 Å². The molecule has 28 heavy (non-hydrogen) atoms. The lowest BCUT2D eigenvalue weighted by Crippen LogP contribution is -2.31. The van der Waals surface area contributed by atoms with Gasteiger partial charge in [-0.25, -0.2) is 0 Å². The zero-order valence-electron chi connectivity index (χ0n) is 15.8. The first kappa shape index (κ1) is 19.6. The van der Waals surface area contributed by atoms with Crippen molar-refractivity contribution in [2.75, 3.05) is 5.32 Å². The third-order valence-corrected chi connectivity index (χ3v) is 4.40. The molecule has 1 aromatic heterocycles. The molecule has 3 rings (SSSR count). The Morgan fingerprint density at radius 3 is 2.54 bits per heavy atom. The lowest BCUT2D eigenvalue weighted by Gasteiger charge is -2.15. The standard InChI is InChI=1S/C21H20ClN3O3/c1-13-4-8-17(9-5-13)23-21(27)15(3)28-19-10-11-20(26)25(24-19)18-12-16(22)7-6-14(18)2/h4-12,15H,1-3H3,(H,23,27). The van der Waals surface area contributed by atoms with Gasteiger partial charge in [0.1, 0.15) is 0 Å². The Kier molecular flexibility index (Phi) is 5.80. The number of carbonyl (C=O) groups is 1. The number of anilines is 1. The molecule has 1 atom stereocenters. The predicted octanol–water partition coefficient (Wildman–Crippen LogP) is 3.91. The second-order valence-electron chi connectivity index (χ2n) is 6.47. The fourth-order valence-corrected chi connectivity index (χ4v) is 2.72. The number of halogens is 1. The number of ether oxygens (including phenoxy) is 1. The van der Waals surface area contributed by atoms with Crippen LogP contribution in [0.15, 0.2) is 59.4 Å². The summed E-state index contributed by atoms with van der Waals surface area (Å²) in [5.41, 5.74) is 2.85. The third-order valence-electron chi connectivity index (χ3n) is 4.16. The number of carbonyl (C=O) groups excluding carboxylic acids is 1. The Morgan fingerprint density at radius 2 is 1.82 bits per heavy atom. The summed E-state index contributed by atoms with van der Waals surface area (Å²) in [5, 5.41) is 7.51. The number of hydrogen-bond donors (Lipinski definition) is 1. The minimum Gasteiger partial charge on any atom is -0.463 e. The molecule has 0 saturated carbocycles. The fourth-order valence-electron chi connectivity index (χ4n) is 2.56. The van der Waals surface area contributed by atoms with Crippen LogP contribution in [0.3, 0.4) is 0 Å². The van der Waals surface area contributed by atoms with Crippen molar-refractivity contribution < 1.29 is 9.53 Å². The van der Waals surface area contributed by atoms with Crippen molar-refractivity contribution in [3.8, 4) is 11.6 Å². The highest BCUT2D eigenvalue weighted by Gasteiger charge is 2.17. The van der Waals surface area contributed by atoms with E-state index >= 15 is 0 Å². The number of nitrogens with zero attached hydrogens (tertiary/aromatic N) is 2. The van der Waals surface area contributed by atoms with Gasteiger partial charge in [0.15, 0.2) is 6.10 Å². The Bertz CT molecular complexity index is 1060. The molecule has 2 aromatic carbocycles. The van der Waals surface area contributed by atoms with Crippen molar-refractivity contribution in [3.63, 3.8) is 0 Å². The van der Waals surface area contributed by atoms with E-state index in [9.17, 15) is 9.59 Å². The summed E-state index contributed by atoms with van der Waals surface area (Å²) in [6.45, 7) is 5.44.